The lowest BCUT2D eigenvalue weighted by molar-refractivity contribution is 0.0959. The van der Waals surface area contributed by atoms with Crippen molar-refractivity contribution in [3.8, 4) is 0 Å². The zero-order valence-corrected chi connectivity index (χ0v) is 13.9. The fourth-order valence-electron chi connectivity index (χ4n) is 2.78. The monoisotopic (exact) mass is 324 g/mol. The molecule has 2 rings (SSSR count). The van der Waals surface area contributed by atoms with Crippen LogP contribution in [0.5, 0.6) is 0 Å². The zero-order chi connectivity index (χ0) is 13.9. The van der Waals surface area contributed by atoms with Crippen molar-refractivity contribution in [1.29, 1.82) is 0 Å². The van der Waals surface area contributed by atoms with E-state index in [1.54, 1.807) is 0 Å². The Hall–Kier alpha value is -0.380. The molecule has 0 aliphatic carbocycles. The Kier molecular flexibility index (Phi) is 5.04. The van der Waals surface area contributed by atoms with Gasteiger partial charge in [-0.2, -0.15) is 0 Å². The Morgan fingerprint density at radius 1 is 1.26 bits per heavy atom. The Morgan fingerprint density at radius 3 is 2.63 bits per heavy atom. The summed E-state index contributed by atoms with van der Waals surface area (Å²) in [5.74, 6) is 0. The molecule has 1 aliphatic heterocycles. The Labute approximate surface area is 125 Å². The molecular weight excluding hydrogens is 300 g/mol. The number of piperazine rings is 1. The first-order valence-corrected chi connectivity index (χ1v) is 7.99. The van der Waals surface area contributed by atoms with Gasteiger partial charge >= 0.3 is 0 Å². The molecule has 1 N–H and O–H groups in total. The number of rotatable bonds is 4. The highest BCUT2D eigenvalue weighted by molar-refractivity contribution is 9.10. The minimum atomic E-state index is 0.289. The molecule has 1 saturated heterocycles. The third-order valence-electron chi connectivity index (χ3n) is 4.29. The minimum Gasteiger partial charge on any atom is -0.314 e. The highest BCUT2D eigenvalue weighted by Crippen LogP contribution is 2.24. The molecule has 3 heteroatoms. The second-order valence-corrected chi connectivity index (χ2v) is 7.04. The van der Waals surface area contributed by atoms with Crippen molar-refractivity contribution in [3.63, 3.8) is 0 Å². The number of nitrogens with one attached hydrogen (secondary N) is 1. The summed E-state index contributed by atoms with van der Waals surface area (Å²) < 4.78 is 1.19. The van der Waals surface area contributed by atoms with Gasteiger partial charge in [0.25, 0.3) is 0 Å². The predicted octanol–water partition coefficient (Wildman–Crippen LogP) is 3.37. The van der Waals surface area contributed by atoms with Crippen molar-refractivity contribution >= 4 is 15.9 Å². The maximum absolute atomic E-state index is 3.57. The van der Waals surface area contributed by atoms with Crippen LogP contribution in [-0.2, 0) is 6.42 Å². The first kappa shape index (κ1) is 15.0. The van der Waals surface area contributed by atoms with Gasteiger partial charge in [0.15, 0.2) is 0 Å². The molecule has 0 radical (unpaired) electrons. The summed E-state index contributed by atoms with van der Waals surface area (Å²) in [4.78, 5) is 2.62. The van der Waals surface area contributed by atoms with Gasteiger partial charge in [0.2, 0.25) is 0 Å². The predicted molar refractivity (Wildman–Crippen MR) is 85.7 cm³/mol. The normalized spacial score (nSPS) is 17.7. The SMILES string of the molecule is Cc1ccc(Br)cc1CCC(C)(C)N1CCNCC1. The number of aryl methyl sites for hydroxylation is 2. The molecule has 0 bridgehead atoms. The van der Waals surface area contributed by atoms with Gasteiger partial charge in [0.1, 0.15) is 0 Å². The van der Waals surface area contributed by atoms with Crippen LogP contribution >= 0.6 is 15.9 Å². The van der Waals surface area contributed by atoms with Crippen molar-refractivity contribution in [1.82, 2.24) is 10.2 Å². The van der Waals surface area contributed by atoms with Gasteiger partial charge in [-0.05, 0) is 56.9 Å². The summed E-state index contributed by atoms with van der Waals surface area (Å²) in [5.41, 5.74) is 3.16. The van der Waals surface area contributed by atoms with E-state index in [4.69, 9.17) is 0 Å². The van der Waals surface area contributed by atoms with Crippen LogP contribution in [0.3, 0.4) is 0 Å². The lowest BCUT2D eigenvalue weighted by Gasteiger charge is -2.41. The summed E-state index contributed by atoms with van der Waals surface area (Å²) in [6.45, 7) is 11.6. The quantitative estimate of drug-likeness (QED) is 0.913. The van der Waals surface area contributed by atoms with Gasteiger partial charge < -0.3 is 5.32 Å². The Morgan fingerprint density at radius 2 is 1.95 bits per heavy atom. The fourth-order valence-corrected chi connectivity index (χ4v) is 3.19. The lowest BCUT2D eigenvalue weighted by atomic mass is 9.91. The largest absolute Gasteiger partial charge is 0.314 e. The molecule has 0 amide bonds. The summed E-state index contributed by atoms with van der Waals surface area (Å²) in [6, 6.07) is 6.60. The summed E-state index contributed by atoms with van der Waals surface area (Å²) >= 11 is 3.57. The van der Waals surface area contributed by atoms with Crippen LogP contribution in [0.1, 0.15) is 31.4 Å². The Balaban J connectivity index is 1.98. The maximum Gasteiger partial charge on any atom is 0.0178 e. The lowest BCUT2D eigenvalue weighted by Crippen LogP contribution is -2.53. The molecule has 2 nitrogen and oxygen atoms in total. The first-order valence-electron chi connectivity index (χ1n) is 7.20. The van der Waals surface area contributed by atoms with Gasteiger partial charge in [-0.3, -0.25) is 4.90 Å². The summed E-state index contributed by atoms with van der Waals surface area (Å²) in [7, 11) is 0. The number of hydrogen-bond acceptors (Lipinski definition) is 2. The molecule has 0 aromatic heterocycles. The average Bonchev–Trinajstić information content (AvgIpc) is 2.41. The Bertz CT molecular complexity index is 423. The molecular formula is C16H25BrN2. The molecule has 1 aromatic rings. The number of nitrogens with zero attached hydrogens (tertiary/aromatic N) is 1. The molecule has 1 fully saturated rings. The number of halogens is 1. The maximum atomic E-state index is 3.57. The molecule has 1 aromatic carbocycles. The second-order valence-electron chi connectivity index (χ2n) is 6.12. The van der Waals surface area contributed by atoms with Crippen molar-refractivity contribution in [2.24, 2.45) is 0 Å². The average molecular weight is 325 g/mol. The zero-order valence-electron chi connectivity index (χ0n) is 12.3. The molecule has 1 heterocycles. The topological polar surface area (TPSA) is 15.3 Å². The first-order chi connectivity index (χ1) is 8.99. The van der Waals surface area contributed by atoms with Crippen LogP contribution in [0.2, 0.25) is 0 Å². The highest BCUT2D eigenvalue weighted by atomic mass is 79.9. The van der Waals surface area contributed by atoms with Crippen LogP contribution in [0, 0.1) is 6.92 Å². The van der Waals surface area contributed by atoms with E-state index >= 15 is 0 Å². The van der Waals surface area contributed by atoms with E-state index in [0.717, 1.165) is 19.5 Å². The third kappa shape index (κ3) is 4.04. The van der Waals surface area contributed by atoms with E-state index in [1.165, 1.54) is 35.1 Å². The van der Waals surface area contributed by atoms with Gasteiger partial charge in [0.05, 0.1) is 0 Å². The van der Waals surface area contributed by atoms with Crippen LogP contribution in [0.15, 0.2) is 22.7 Å². The van der Waals surface area contributed by atoms with Gasteiger partial charge in [-0.1, -0.05) is 22.0 Å². The van der Waals surface area contributed by atoms with Crippen molar-refractivity contribution in [3.05, 3.63) is 33.8 Å². The molecule has 0 unspecified atom stereocenters. The van der Waals surface area contributed by atoms with Gasteiger partial charge in [-0.25, -0.2) is 0 Å². The molecule has 1 aliphatic rings. The minimum absolute atomic E-state index is 0.289. The van der Waals surface area contributed by atoms with Crippen LogP contribution < -0.4 is 5.32 Å². The molecule has 0 atom stereocenters. The number of hydrogen-bond donors (Lipinski definition) is 1. The van der Waals surface area contributed by atoms with E-state index in [0.29, 0.717) is 0 Å². The van der Waals surface area contributed by atoms with Crippen LogP contribution in [0.25, 0.3) is 0 Å². The third-order valence-corrected chi connectivity index (χ3v) is 4.78. The van der Waals surface area contributed by atoms with E-state index in [2.05, 4.69) is 65.1 Å². The second kappa shape index (κ2) is 6.38. The fraction of sp³-hybridized carbons (Fsp3) is 0.625. The molecule has 0 saturated carbocycles. The standard InChI is InChI=1S/C16H25BrN2/c1-13-4-5-15(17)12-14(13)6-7-16(2,3)19-10-8-18-9-11-19/h4-5,12,18H,6-11H2,1-3H3. The van der Waals surface area contributed by atoms with Gasteiger partial charge in [-0.15, -0.1) is 0 Å². The van der Waals surface area contributed by atoms with Crippen molar-refractivity contribution in [2.75, 3.05) is 26.2 Å². The van der Waals surface area contributed by atoms with E-state index in [9.17, 15) is 0 Å². The van der Waals surface area contributed by atoms with E-state index in [-0.39, 0.29) is 5.54 Å². The molecule has 19 heavy (non-hydrogen) atoms. The highest BCUT2D eigenvalue weighted by Gasteiger charge is 2.27. The summed E-state index contributed by atoms with van der Waals surface area (Å²) in [6.07, 6.45) is 2.37. The van der Waals surface area contributed by atoms with Crippen LogP contribution in [-0.4, -0.2) is 36.6 Å². The molecule has 0 spiro atoms. The number of benzene rings is 1. The van der Waals surface area contributed by atoms with E-state index < -0.39 is 0 Å². The van der Waals surface area contributed by atoms with Gasteiger partial charge in [0, 0.05) is 36.2 Å². The van der Waals surface area contributed by atoms with E-state index in [1.807, 2.05) is 0 Å². The molecule has 106 valence electrons. The van der Waals surface area contributed by atoms with Crippen molar-refractivity contribution in [2.45, 2.75) is 39.2 Å². The van der Waals surface area contributed by atoms with Crippen molar-refractivity contribution < 1.29 is 0 Å². The van der Waals surface area contributed by atoms with Crippen LogP contribution in [0.4, 0.5) is 0 Å². The smallest absolute Gasteiger partial charge is 0.0178 e. The summed E-state index contributed by atoms with van der Waals surface area (Å²) in [5, 5.41) is 3.43.